The summed E-state index contributed by atoms with van der Waals surface area (Å²) < 4.78 is 77.2. The van der Waals surface area contributed by atoms with Gasteiger partial charge in [0.05, 0.1) is 16.8 Å². The first kappa shape index (κ1) is 16.9. The quantitative estimate of drug-likeness (QED) is 0.498. The second-order valence-corrected chi connectivity index (χ2v) is 4.68. The molecule has 2 N–H and O–H groups in total. The summed E-state index contributed by atoms with van der Waals surface area (Å²) in [6.45, 7) is 0. The fourth-order valence-corrected chi connectivity index (χ4v) is 1.98. The smallest absolute Gasteiger partial charge is 0.398 e. The molecular formula is C15H9F6NO. The topological polar surface area (TPSA) is 43.1 Å². The van der Waals surface area contributed by atoms with Crippen molar-refractivity contribution in [2.24, 2.45) is 0 Å². The molecule has 23 heavy (non-hydrogen) atoms. The first-order valence-electron chi connectivity index (χ1n) is 6.19. The number of carbonyl (C=O) groups excluding carboxylic acids is 1. The highest BCUT2D eigenvalue weighted by molar-refractivity contribution is 6.12. The third-order valence-corrected chi connectivity index (χ3v) is 3.09. The fourth-order valence-electron chi connectivity index (χ4n) is 1.98. The maximum atomic E-state index is 12.9. The molecule has 8 heteroatoms. The van der Waals surface area contributed by atoms with E-state index >= 15 is 0 Å². The van der Waals surface area contributed by atoms with Crippen LogP contribution in [0.5, 0.6) is 0 Å². The number of hydrogen-bond donors (Lipinski definition) is 1. The SMILES string of the molecule is Nc1c(C(=O)c2ccccc2)cc(C(F)(F)F)cc1C(F)(F)F. The molecule has 2 rings (SSSR count). The zero-order chi connectivity index (χ0) is 17.4. The van der Waals surface area contributed by atoms with Crippen LogP contribution in [-0.2, 0) is 12.4 Å². The standard InChI is InChI=1S/C15H9F6NO/c16-14(17,18)9-6-10(12(22)11(7-9)15(19,20)21)13(23)8-4-2-1-3-5-8/h1-7H,22H2. The third-order valence-electron chi connectivity index (χ3n) is 3.09. The van der Waals surface area contributed by atoms with Gasteiger partial charge < -0.3 is 5.73 Å². The van der Waals surface area contributed by atoms with Crippen LogP contribution in [0.3, 0.4) is 0 Å². The Morgan fingerprint density at radius 2 is 1.43 bits per heavy atom. The molecule has 0 aliphatic carbocycles. The third kappa shape index (κ3) is 3.46. The van der Waals surface area contributed by atoms with Crippen molar-refractivity contribution >= 4 is 11.5 Å². The van der Waals surface area contributed by atoms with Gasteiger partial charge in [-0.1, -0.05) is 30.3 Å². The molecule has 0 spiro atoms. The summed E-state index contributed by atoms with van der Waals surface area (Å²) in [6, 6.07) is 7.19. The van der Waals surface area contributed by atoms with Gasteiger partial charge in [-0.3, -0.25) is 4.79 Å². The molecule has 2 aromatic rings. The lowest BCUT2D eigenvalue weighted by Gasteiger charge is -2.17. The Labute approximate surface area is 126 Å². The summed E-state index contributed by atoms with van der Waals surface area (Å²) in [4.78, 5) is 12.2. The van der Waals surface area contributed by atoms with Crippen LogP contribution in [0, 0.1) is 0 Å². The van der Waals surface area contributed by atoms with Gasteiger partial charge in [0.1, 0.15) is 0 Å². The van der Waals surface area contributed by atoms with Crippen molar-refractivity contribution < 1.29 is 31.1 Å². The van der Waals surface area contributed by atoms with Crippen molar-refractivity contribution in [3.8, 4) is 0 Å². The van der Waals surface area contributed by atoms with Crippen molar-refractivity contribution in [2.45, 2.75) is 12.4 Å². The molecule has 0 heterocycles. The van der Waals surface area contributed by atoms with Gasteiger partial charge in [-0.05, 0) is 12.1 Å². The molecule has 0 unspecified atom stereocenters. The Kier molecular flexibility index (Phi) is 4.10. The van der Waals surface area contributed by atoms with Gasteiger partial charge >= 0.3 is 12.4 Å². The number of ketones is 1. The number of carbonyl (C=O) groups is 1. The number of alkyl halides is 6. The minimum absolute atomic E-state index is 0.0633. The van der Waals surface area contributed by atoms with Crippen molar-refractivity contribution in [3.05, 3.63) is 64.7 Å². The van der Waals surface area contributed by atoms with E-state index in [4.69, 9.17) is 5.73 Å². The van der Waals surface area contributed by atoms with Crippen molar-refractivity contribution in [1.82, 2.24) is 0 Å². The molecule has 2 nitrogen and oxygen atoms in total. The van der Waals surface area contributed by atoms with Crippen molar-refractivity contribution in [3.63, 3.8) is 0 Å². The molecule has 0 aromatic heterocycles. The summed E-state index contributed by atoms with van der Waals surface area (Å²) in [5.74, 6) is -1.01. The summed E-state index contributed by atoms with van der Waals surface area (Å²) in [5.41, 5.74) is 0.112. The van der Waals surface area contributed by atoms with Gasteiger partial charge in [-0.15, -0.1) is 0 Å². The molecule has 0 saturated carbocycles. The molecular weight excluding hydrogens is 324 g/mol. The summed E-state index contributed by atoms with van der Waals surface area (Å²) in [5, 5.41) is 0. The van der Waals surface area contributed by atoms with E-state index in [2.05, 4.69) is 0 Å². The number of benzene rings is 2. The molecule has 0 aliphatic heterocycles. The van der Waals surface area contributed by atoms with E-state index in [1.165, 1.54) is 24.3 Å². The van der Waals surface area contributed by atoms with Crippen LogP contribution in [0.1, 0.15) is 27.0 Å². The van der Waals surface area contributed by atoms with Crippen LogP contribution in [0.4, 0.5) is 32.0 Å². The minimum Gasteiger partial charge on any atom is -0.398 e. The van der Waals surface area contributed by atoms with Crippen molar-refractivity contribution in [1.29, 1.82) is 0 Å². The van der Waals surface area contributed by atoms with Gasteiger partial charge in [0.2, 0.25) is 0 Å². The Morgan fingerprint density at radius 1 is 0.870 bits per heavy atom. The average Bonchev–Trinajstić information content (AvgIpc) is 2.45. The highest BCUT2D eigenvalue weighted by Gasteiger charge is 2.40. The maximum absolute atomic E-state index is 12.9. The molecule has 0 radical (unpaired) electrons. The zero-order valence-corrected chi connectivity index (χ0v) is 11.3. The fraction of sp³-hybridized carbons (Fsp3) is 0.133. The second-order valence-electron chi connectivity index (χ2n) is 4.68. The Hall–Kier alpha value is -2.51. The molecule has 0 amide bonds. The molecule has 0 saturated heterocycles. The predicted octanol–water partition coefficient (Wildman–Crippen LogP) is 4.54. The summed E-state index contributed by atoms with van der Waals surface area (Å²) >= 11 is 0. The average molecular weight is 333 g/mol. The van der Waals surface area contributed by atoms with Gasteiger partial charge in [0.15, 0.2) is 5.78 Å². The zero-order valence-electron chi connectivity index (χ0n) is 11.3. The van der Waals surface area contributed by atoms with Crippen LogP contribution in [-0.4, -0.2) is 5.78 Å². The Morgan fingerprint density at radius 3 is 1.91 bits per heavy atom. The highest BCUT2D eigenvalue weighted by atomic mass is 19.4. The molecule has 0 fully saturated rings. The molecule has 0 aliphatic rings. The number of anilines is 1. The second kappa shape index (κ2) is 5.60. The number of nitrogen functional groups attached to an aromatic ring is 1. The van der Waals surface area contributed by atoms with Gasteiger partial charge in [-0.2, -0.15) is 26.3 Å². The first-order valence-corrected chi connectivity index (χ1v) is 6.19. The monoisotopic (exact) mass is 333 g/mol. The number of rotatable bonds is 2. The lowest BCUT2D eigenvalue weighted by molar-refractivity contribution is -0.142. The van der Waals surface area contributed by atoms with Crippen molar-refractivity contribution in [2.75, 3.05) is 5.73 Å². The van der Waals surface area contributed by atoms with Crippen LogP contribution < -0.4 is 5.73 Å². The van der Waals surface area contributed by atoms with Gasteiger partial charge in [-0.25, -0.2) is 0 Å². The van der Waals surface area contributed by atoms with Gasteiger partial charge in [0, 0.05) is 11.1 Å². The summed E-state index contributed by atoms with van der Waals surface area (Å²) in [7, 11) is 0. The molecule has 0 atom stereocenters. The lowest BCUT2D eigenvalue weighted by atomic mass is 9.95. The van der Waals surface area contributed by atoms with E-state index in [-0.39, 0.29) is 11.6 Å². The van der Waals surface area contributed by atoms with Crippen LogP contribution >= 0.6 is 0 Å². The van der Waals surface area contributed by atoms with Gasteiger partial charge in [0.25, 0.3) is 0 Å². The number of halogens is 6. The number of nitrogens with two attached hydrogens (primary N) is 1. The van der Waals surface area contributed by atoms with Crippen LogP contribution in [0.15, 0.2) is 42.5 Å². The molecule has 122 valence electrons. The highest BCUT2D eigenvalue weighted by Crippen LogP contribution is 2.40. The normalized spacial score (nSPS) is 12.3. The number of hydrogen-bond acceptors (Lipinski definition) is 2. The molecule has 2 aromatic carbocycles. The van der Waals surface area contributed by atoms with E-state index in [0.29, 0.717) is 6.07 Å². The first-order chi connectivity index (χ1) is 10.5. The largest absolute Gasteiger partial charge is 0.418 e. The summed E-state index contributed by atoms with van der Waals surface area (Å²) in [6.07, 6.45) is -10.2. The van der Waals surface area contributed by atoms with E-state index < -0.39 is 40.5 Å². The molecule has 0 bridgehead atoms. The Bertz CT molecular complexity index is 734. The van der Waals surface area contributed by atoms with Crippen LogP contribution in [0.2, 0.25) is 0 Å². The van der Waals surface area contributed by atoms with Crippen LogP contribution in [0.25, 0.3) is 0 Å². The van der Waals surface area contributed by atoms with E-state index in [1.807, 2.05) is 0 Å². The minimum atomic E-state index is -5.11. The lowest BCUT2D eigenvalue weighted by Crippen LogP contribution is -2.17. The van der Waals surface area contributed by atoms with E-state index in [0.717, 1.165) is 0 Å². The van der Waals surface area contributed by atoms with E-state index in [1.54, 1.807) is 6.07 Å². The van der Waals surface area contributed by atoms with E-state index in [9.17, 15) is 31.1 Å². The Balaban J connectivity index is 2.70. The maximum Gasteiger partial charge on any atom is 0.418 e. The predicted molar refractivity (Wildman–Crippen MR) is 70.7 cm³/mol.